The number of aryl methyl sites for hydroxylation is 3. The van der Waals surface area contributed by atoms with E-state index in [1.54, 1.807) is 12.1 Å². The van der Waals surface area contributed by atoms with Crippen molar-refractivity contribution in [2.24, 2.45) is 0 Å². The molecular weight excluding hydrogens is 577 g/mol. The zero-order valence-corrected chi connectivity index (χ0v) is 27.1. The van der Waals surface area contributed by atoms with Gasteiger partial charge >= 0.3 is 0 Å². The smallest absolute Gasteiger partial charge is 0.228 e. The van der Waals surface area contributed by atoms with Crippen LogP contribution in [0, 0.1) is 19.7 Å². The number of nitrogens with one attached hydrogen (secondary N) is 1. The van der Waals surface area contributed by atoms with Gasteiger partial charge in [-0.05, 0) is 109 Å². The molecule has 0 fully saturated rings. The highest BCUT2D eigenvalue weighted by atomic mass is 19.1. The Morgan fingerprint density at radius 1 is 0.766 bits per heavy atom. The predicted octanol–water partition coefficient (Wildman–Crippen LogP) is 11.6. The van der Waals surface area contributed by atoms with Gasteiger partial charge in [-0.3, -0.25) is 0 Å². The van der Waals surface area contributed by atoms with Crippen LogP contribution in [0.3, 0.4) is 0 Å². The monoisotopic (exact) mass is 615 g/mol. The Labute approximate surface area is 276 Å². The van der Waals surface area contributed by atoms with Crippen molar-refractivity contribution in [3.63, 3.8) is 0 Å². The topological polar surface area (TPSA) is 37.8 Å². The molecule has 6 rings (SSSR count). The van der Waals surface area contributed by atoms with E-state index in [4.69, 9.17) is 9.97 Å². The van der Waals surface area contributed by atoms with E-state index in [1.807, 2.05) is 37.3 Å². The second-order valence-corrected chi connectivity index (χ2v) is 11.9. The molecule has 0 unspecified atom stereocenters. The molecule has 0 saturated heterocycles. The summed E-state index contributed by atoms with van der Waals surface area (Å²) < 4.78 is 13.8. The lowest BCUT2D eigenvalue weighted by Gasteiger charge is -2.16. The molecule has 0 saturated carbocycles. The van der Waals surface area contributed by atoms with Gasteiger partial charge in [0.15, 0.2) is 0 Å². The second-order valence-electron chi connectivity index (χ2n) is 11.9. The molecule has 0 spiro atoms. The number of para-hydroxylation sites is 2. The Bertz CT molecular complexity index is 2120. The SMILES string of the molecule is C=C(C)/C=C\C(=C/CCc1ccccc1C)c1ccc(C)c(-c2ccccc2Nc2nc(-c3ccc(F)cc3)c3ccccc3n2)c1. The van der Waals surface area contributed by atoms with Gasteiger partial charge < -0.3 is 5.32 Å². The molecule has 0 bridgehead atoms. The fourth-order valence-corrected chi connectivity index (χ4v) is 5.79. The van der Waals surface area contributed by atoms with E-state index in [0.29, 0.717) is 5.95 Å². The maximum absolute atomic E-state index is 13.8. The summed E-state index contributed by atoms with van der Waals surface area (Å²) in [4.78, 5) is 9.79. The van der Waals surface area contributed by atoms with Crippen LogP contribution in [-0.4, -0.2) is 9.97 Å². The van der Waals surface area contributed by atoms with Crippen molar-refractivity contribution in [3.8, 4) is 22.4 Å². The third-order valence-corrected chi connectivity index (χ3v) is 8.34. The van der Waals surface area contributed by atoms with Crippen LogP contribution in [0.1, 0.15) is 35.6 Å². The van der Waals surface area contributed by atoms with Crippen molar-refractivity contribution >= 4 is 28.1 Å². The Morgan fingerprint density at radius 2 is 1.51 bits per heavy atom. The lowest BCUT2D eigenvalue weighted by atomic mass is 9.93. The van der Waals surface area contributed by atoms with Gasteiger partial charge in [0.1, 0.15) is 5.82 Å². The summed E-state index contributed by atoms with van der Waals surface area (Å²) in [7, 11) is 0. The highest BCUT2D eigenvalue weighted by Crippen LogP contribution is 2.35. The van der Waals surface area contributed by atoms with Crippen LogP contribution >= 0.6 is 0 Å². The number of rotatable bonds is 10. The van der Waals surface area contributed by atoms with Crippen molar-refractivity contribution < 1.29 is 4.39 Å². The van der Waals surface area contributed by atoms with Crippen molar-refractivity contribution in [1.82, 2.24) is 9.97 Å². The molecule has 3 nitrogen and oxygen atoms in total. The third-order valence-electron chi connectivity index (χ3n) is 8.34. The van der Waals surface area contributed by atoms with Crippen LogP contribution in [0.5, 0.6) is 0 Å². The number of fused-ring (bicyclic) bond motifs is 1. The Kier molecular flexibility index (Phi) is 9.49. The minimum Gasteiger partial charge on any atom is -0.324 e. The molecule has 1 aromatic heterocycles. The predicted molar refractivity (Wildman–Crippen MR) is 196 cm³/mol. The zero-order chi connectivity index (χ0) is 32.8. The summed E-state index contributed by atoms with van der Waals surface area (Å²) in [5.74, 6) is 0.196. The Morgan fingerprint density at radius 3 is 2.32 bits per heavy atom. The standard InChI is InChI=1S/C43H38FN3/c1-29(2)20-22-33(15-11-14-32-13-6-5-12-30(32)3)35-23-21-31(4)39(28-35)37-16-7-9-18-40(37)45-43-46-41-19-10-8-17-38(41)42(47-43)34-24-26-36(44)27-25-34/h5-10,12-13,15-28H,1,11,14H2,2-4H3,(H,45,46,47)/b22-20-,33-15+. The van der Waals surface area contributed by atoms with Gasteiger partial charge in [0.05, 0.1) is 11.2 Å². The zero-order valence-electron chi connectivity index (χ0n) is 27.1. The van der Waals surface area contributed by atoms with Crippen LogP contribution in [-0.2, 0) is 6.42 Å². The molecule has 0 aliphatic carbocycles. The molecule has 0 atom stereocenters. The normalized spacial score (nSPS) is 11.7. The maximum Gasteiger partial charge on any atom is 0.228 e. The van der Waals surface area contributed by atoms with Crippen LogP contribution < -0.4 is 5.32 Å². The van der Waals surface area contributed by atoms with E-state index in [1.165, 1.54) is 23.3 Å². The van der Waals surface area contributed by atoms with Gasteiger partial charge in [-0.1, -0.05) is 103 Å². The number of nitrogens with zero attached hydrogens (tertiary/aromatic N) is 2. The van der Waals surface area contributed by atoms with Gasteiger partial charge in [-0.15, -0.1) is 0 Å². The highest BCUT2D eigenvalue weighted by Gasteiger charge is 2.14. The Balaban J connectivity index is 1.37. The summed E-state index contributed by atoms with van der Waals surface area (Å²) in [5.41, 5.74) is 12.6. The van der Waals surface area contributed by atoms with Crippen molar-refractivity contribution in [2.45, 2.75) is 33.6 Å². The Hall–Kier alpha value is -5.61. The van der Waals surface area contributed by atoms with Crippen LogP contribution in [0.2, 0.25) is 0 Å². The van der Waals surface area contributed by atoms with Crippen LogP contribution in [0.4, 0.5) is 16.0 Å². The minimum absolute atomic E-state index is 0.281. The third kappa shape index (κ3) is 7.45. The molecule has 6 aromatic rings. The average Bonchev–Trinajstić information content (AvgIpc) is 3.08. The van der Waals surface area contributed by atoms with Crippen LogP contribution in [0.25, 0.3) is 38.9 Å². The number of allylic oxidation sites excluding steroid dienone is 5. The number of benzene rings is 5. The maximum atomic E-state index is 13.8. The van der Waals surface area contributed by atoms with E-state index in [0.717, 1.165) is 74.1 Å². The van der Waals surface area contributed by atoms with Gasteiger partial charge in [0.2, 0.25) is 5.95 Å². The molecule has 0 aliphatic heterocycles. The number of hydrogen-bond donors (Lipinski definition) is 1. The lowest BCUT2D eigenvalue weighted by molar-refractivity contribution is 0.628. The summed E-state index contributed by atoms with van der Waals surface area (Å²) in [6, 6.07) is 37.8. The molecule has 0 aliphatic rings. The summed E-state index contributed by atoms with van der Waals surface area (Å²) in [5, 5.41) is 4.43. The van der Waals surface area contributed by atoms with Crippen molar-refractivity contribution in [2.75, 3.05) is 5.32 Å². The molecule has 47 heavy (non-hydrogen) atoms. The molecule has 1 N–H and O–H groups in total. The quantitative estimate of drug-likeness (QED) is 0.156. The minimum atomic E-state index is -0.281. The van der Waals surface area contributed by atoms with E-state index < -0.39 is 0 Å². The van der Waals surface area contributed by atoms with E-state index in [9.17, 15) is 4.39 Å². The number of halogens is 1. The molecule has 0 amide bonds. The van der Waals surface area contributed by atoms with E-state index in [-0.39, 0.29) is 5.82 Å². The van der Waals surface area contributed by atoms with Crippen molar-refractivity contribution in [3.05, 3.63) is 174 Å². The fraction of sp³-hybridized carbons (Fsp3) is 0.116. The first-order valence-electron chi connectivity index (χ1n) is 15.9. The molecule has 4 heteroatoms. The van der Waals surface area contributed by atoms with E-state index in [2.05, 4.69) is 105 Å². The molecule has 1 heterocycles. The van der Waals surface area contributed by atoms with Gasteiger partial charge in [0.25, 0.3) is 0 Å². The first kappa shape index (κ1) is 31.4. The summed E-state index contributed by atoms with van der Waals surface area (Å²) in [6.45, 7) is 10.4. The molecule has 0 radical (unpaired) electrons. The number of hydrogen-bond acceptors (Lipinski definition) is 3. The second kappa shape index (κ2) is 14.2. The fourth-order valence-electron chi connectivity index (χ4n) is 5.79. The molecular formula is C43H38FN3. The van der Waals surface area contributed by atoms with Gasteiger partial charge in [-0.25, -0.2) is 14.4 Å². The summed E-state index contributed by atoms with van der Waals surface area (Å²) in [6.07, 6.45) is 8.47. The van der Waals surface area contributed by atoms with E-state index >= 15 is 0 Å². The lowest BCUT2D eigenvalue weighted by Crippen LogP contribution is -2.01. The van der Waals surface area contributed by atoms with Gasteiger partial charge in [0, 0.05) is 22.2 Å². The highest BCUT2D eigenvalue weighted by molar-refractivity contribution is 5.94. The number of aromatic nitrogens is 2. The van der Waals surface area contributed by atoms with Crippen molar-refractivity contribution in [1.29, 1.82) is 0 Å². The number of anilines is 2. The first-order chi connectivity index (χ1) is 22.9. The largest absolute Gasteiger partial charge is 0.324 e. The molecule has 232 valence electrons. The van der Waals surface area contributed by atoms with Crippen LogP contribution in [0.15, 0.2) is 146 Å². The average molecular weight is 616 g/mol. The molecule has 5 aromatic carbocycles. The first-order valence-corrected chi connectivity index (χ1v) is 15.9. The summed E-state index contributed by atoms with van der Waals surface area (Å²) >= 11 is 0. The van der Waals surface area contributed by atoms with Gasteiger partial charge in [-0.2, -0.15) is 0 Å².